The fraction of sp³-hybridized carbons (Fsp3) is 0.600. The van der Waals surface area contributed by atoms with Gasteiger partial charge in [-0.2, -0.15) is 0 Å². The van der Waals surface area contributed by atoms with Crippen molar-refractivity contribution < 1.29 is 8.42 Å². The third-order valence-corrected chi connectivity index (χ3v) is 5.88. The second-order valence-corrected chi connectivity index (χ2v) is 7.92. The summed E-state index contributed by atoms with van der Waals surface area (Å²) in [6, 6.07) is 3.21. The van der Waals surface area contributed by atoms with E-state index in [1.807, 2.05) is 13.8 Å². The summed E-state index contributed by atoms with van der Waals surface area (Å²) in [5.74, 6) is 0.294. The number of nitrogens with one attached hydrogen (secondary N) is 1. The number of sulfonamides is 1. The van der Waals surface area contributed by atoms with Gasteiger partial charge in [-0.3, -0.25) is 0 Å². The van der Waals surface area contributed by atoms with Crippen molar-refractivity contribution in [2.45, 2.75) is 38.1 Å². The Labute approximate surface area is 127 Å². The molecule has 2 atom stereocenters. The molecule has 5 nitrogen and oxygen atoms in total. The van der Waals surface area contributed by atoms with E-state index in [-0.39, 0.29) is 10.9 Å². The maximum atomic E-state index is 12.6. The fourth-order valence-corrected chi connectivity index (χ4v) is 4.30. The largest absolute Gasteiger partial charge is 0.398 e. The van der Waals surface area contributed by atoms with Gasteiger partial charge >= 0.3 is 0 Å². The molecule has 118 valence electrons. The number of hydrogen-bond donors (Lipinski definition) is 2. The minimum atomic E-state index is -3.52. The minimum absolute atomic E-state index is 0.0194. The van der Waals surface area contributed by atoms with Crippen LogP contribution in [0, 0.1) is 19.8 Å². The number of nitrogen functional groups attached to an aromatic ring is 1. The smallest absolute Gasteiger partial charge is 0.240 e. The van der Waals surface area contributed by atoms with E-state index in [2.05, 4.69) is 23.6 Å². The Morgan fingerprint density at radius 1 is 1.33 bits per heavy atom. The normalized spacial score (nSPS) is 24.2. The predicted molar refractivity (Wildman–Crippen MR) is 85.7 cm³/mol. The first-order valence-corrected chi connectivity index (χ1v) is 8.76. The molecule has 0 radical (unpaired) electrons. The zero-order chi connectivity index (χ0) is 15.8. The molecule has 2 unspecified atom stereocenters. The first-order valence-electron chi connectivity index (χ1n) is 7.28. The zero-order valence-corrected chi connectivity index (χ0v) is 14.0. The van der Waals surface area contributed by atoms with Crippen molar-refractivity contribution in [1.29, 1.82) is 0 Å². The van der Waals surface area contributed by atoms with E-state index in [1.165, 1.54) is 0 Å². The van der Waals surface area contributed by atoms with Gasteiger partial charge in [-0.1, -0.05) is 6.92 Å². The highest BCUT2D eigenvalue weighted by molar-refractivity contribution is 7.89. The highest BCUT2D eigenvalue weighted by Gasteiger charge is 2.29. The van der Waals surface area contributed by atoms with Crippen LogP contribution in [0.2, 0.25) is 0 Å². The number of piperidine rings is 1. The predicted octanol–water partition coefficient (Wildman–Crippen LogP) is 1.50. The Morgan fingerprint density at radius 2 is 2.00 bits per heavy atom. The number of rotatable bonds is 3. The van der Waals surface area contributed by atoms with Crippen LogP contribution in [0.3, 0.4) is 0 Å². The van der Waals surface area contributed by atoms with Gasteiger partial charge in [0.15, 0.2) is 0 Å². The van der Waals surface area contributed by atoms with Crippen molar-refractivity contribution in [2.24, 2.45) is 5.92 Å². The van der Waals surface area contributed by atoms with Crippen molar-refractivity contribution >= 4 is 15.7 Å². The molecule has 1 heterocycles. The third kappa shape index (κ3) is 3.56. The number of nitrogens with zero attached hydrogens (tertiary/aromatic N) is 1. The molecule has 3 N–H and O–H groups in total. The molecular formula is C15H25N3O2S. The van der Waals surface area contributed by atoms with Gasteiger partial charge in [-0.05, 0) is 63.0 Å². The van der Waals surface area contributed by atoms with Gasteiger partial charge in [-0.25, -0.2) is 13.1 Å². The maximum Gasteiger partial charge on any atom is 0.240 e. The summed E-state index contributed by atoms with van der Waals surface area (Å²) < 4.78 is 28.0. The van der Waals surface area contributed by atoms with Crippen molar-refractivity contribution in [3.63, 3.8) is 0 Å². The summed E-state index contributed by atoms with van der Waals surface area (Å²) in [7, 11) is -1.46. The van der Waals surface area contributed by atoms with Crippen molar-refractivity contribution in [2.75, 3.05) is 25.9 Å². The van der Waals surface area contributed by atoms with Gasteiger partial charge in [-0.15, -0.1) is 0 Å². The second kappa shape index (κ2) is 5.94. The molecule has 1 aliphatic heterocycles. The molecule has 1 aliphatic rings. The van der Waals surface area contributed by atoms with E-state index in [4.69, 9.17) is 5.73 Å². The number of anilines is 1. The molecule has 0 amide bonds. The summed E-state index contributed by atoms with van der Waals surface area (Å²) in [5.41, 5.74) is 8.25. The Kier molecular flexibility index (Phi) is 4.60. The summed E-state index contributed by atoms with van der Waals surface area (Å²) in [6.45, 7) is 7.67. The first-order chi connectivity index (χ1) is 9.70. The maximum absolute atomic E-state index is 12.6. The van der Waals surface area contributed by atoms with Crippen LogP contribution in [-0.4, -0.2) is 39.5 Å². The number of nitrogens with two attached hydrogens (primary N) is 1. The Balaban J connectivity index is 2.23. The molecule has 0 spiro atoms. The van der Waals surface area contributed by atoms with Crippen LogP contribution >= 0.6 is 0 Å². The molecule has 1 saturated heterocycles. The Bertz CT molecular complexity index is 605. The van der Waals surface area contributed by atoms with Gasteiger partial charge in [0.25, 0.3) is 0 Å². The van der Waals surface area contributed by atoms with E-state index in [1.54, 1.807) is 12.1 Å². The molecular weight excluding hydrogens is 286 g/mol. The lowest BCUT2D eigenvalue weighted by molar-refractivity contribution is 0.188. The standard InChI is InChI=1S/C15H25N3O2S/c1-10-7-13(8-14(16)12(10)3)21(19,20)17-15-5-6-18(4)9-11(15)2/h7-8,11,15,17H,5-6,9,16H2,1-4H3. The van der Waals surface area contributed by atoms with Crippen molar-refractivity contribution in [3.05, 3.63) is 23.3 Å². The van der Waals surface area contributed by atoms with Crippen LogP contribution < -0.4 is 10.5 Å². The molecule has 1 fully saturated rings. The lowest BCUT2D eigenvalue weighted by Crippen LogP contribution is -2.48. The van der Waals surface area contributed by atoms with Crippen molar-refractivity contribution in [3.8, 4) is 0 Å². The fourth-order valence-electron chi connectivity index (χ4n) is 2.80. The van der Waals surface area contributed by atoms with E-state index >= 15 is 0 Å². The van der Waals surface area contributed by atoms with Crippen LogP contribution in [-0.2, 0) is 10.0 Å². The molecule has 21 heavy (non-hydrogen) atoms. The second-order valence-electron chi connectivity index (χ2n) is 6.21. The average Bonchev–Trinajstić information content (AvgIpc) is 2.38. The highest BCUT2D eigenvalue weighted by Crippen LogP contribution is 2.23. The molecule has 0 aromatic heterocycles. The summed E-state index contributed by atoms with van der Waals surface area (Å²) >= 11 is 0. The van der Waals surface area contributed by atoms with E-state index in [0.717, 1.165) is 30.6 Å². The topological polar surface area (TPSA) is 75.4 Å². The van der Waals surface area contributed by atoms with Crippen molar-refractivity contribution in [1.82, 2.24) is 9.62 Å². The number of benzene rings is 1. The van der Waals surface area contributed by atoms with Gasteiger partial charge in [0.1, 0.15) is 0 Å². The van der Waals surface area contributed by atoms with Crippen LogP contribution in [0.15, 0.2) is 17.0 Å². The zero-order valence-electron chi connectivity index (χ0n) is 13.2. The van der Waals surface area contributed by atoms with Crippen LogP contribution in [0.4, 0.5) is 5.69 Å². The number of aryl methyl sites for hydroxylation is 1. The summed E-state index contributed by atoms with van der Waals surface area (Å²) in [6.07, 6.45) is 0.831. The highest BCUT2D eigenvalue weighted by atomic mass is 32.2. The molecule has 1 aromatic rings. The van der Waals surface area contributed by atoms with Crippen LogP contribution in [0.1, 0.15) is 24.5 Å². The molecule has 1 aromatic carbocycles. The van der Waals surface area contributed by atoms with E-state index in [0.29, 0.717) is 11.6 Å². The van der Waals surface area contributed by atoms with Gasteiger partial charge < -0.3 is 10.6 Å². The minimum Gasteiger partial charge on any atom is -0.398 e. The lowest BCUT2D eigenvalue weighted by Gasteiger charge is -2.35. The van der Waals surface area contributed by atoms with Gasteiger partial charge in [0.2, 0.25) is 10.0 Å². The quantitative estimate of drug-likeness (QED) is 0.830. The SMILES string of the molecule is Cc1cc(S(=O)(=O)NC2CCN(C)CC2C)cc(N)c1C. The Morgan fingerprint density at radius 3 is 2.57 bits per heavy atom. The monoisotopic (exact) mass is 311 g/mol. The summed E-state index contributed by atoms with van der Waals surface area (Å²) in [5, 5.41) is 0. The van der Waals surface area contributed by atoms with Crippen LogP contribution in [0.5, 0.6) is 0 Å². The summed E-state index contributed by atoms with van der Waals surface area (Å²) in [4.78, 5) is 2.48. The lowest BCUT2D eigenvalue weighted by atomic mass is 9.95. The molecule has 0 saturated carbocycles. The van der Waals surface area contributed by atoms with Gasteiger partial charge in [0.05, 0.1) is 4.90 Å². The van der Waals surface area contributed by atoms with E-state index < -0.39 is 10.0 Å². The molecule has 0 aliphatic carbocycles. The van der Waals surface area contributed by atoms with Crippen LogP contribution in [0.25, 0.3) is 0 Å². The van der Waals surface area contributed by atoms with E-state index in [9.17, 15) is 8.42 Å². The molecule has 6 heteroatoms. The number of likely N-dealkylation sites (tertiary alicyclic amines) is 1. The Hall–Kier alpha value is -1.11. The molecule has 0 bridgehead atoms. The molecule has 2 rings (SSSR count). The number of hydrogen-bond acceptors (Lipinski definition) is 4. The van der Waals surface area contributed by atoms with Gasteiger partial charge in [0, 0.05) is 18.3 Å². The average molecular weight is 311 g/mol. The first kappa shape index (κ1) is 16.3. The third-order valence-electron chi connectivity index (χ3n) is 4.41.